The molecule has 4 heterocycles. The number of carbonyl (C=O) groups is 1. The maximum absolute atomic E-state index is 12.5. The van der Waals surface area contributed by atoms with E-state index in [4.69, 9.17) is 4.74 Å². The summed E-state index contributed by atoms with van der Waals surface area (Å²) in [5, 5.41) is 48.4. The number of nitrogens with one attached hydrogen (secondary N) is 1. The van der Waals surface area contributed by atoms with Crippen LogP contribution in [-0.4, -0.2) is 86.9 Å². The van der Waals surface area contributed by atoms with Gasteiger partial charge in [-0.25, -0.2) is 19.3 Å². The van der Waals surface area contributed by atoms with Crippen LogP contribution in [0.5, 0.6) is 0 Å². The van der Waals surface area contributed by atoms with Gasteiger partial charge >= 0.3 is 0 Å². The molecular weight excluding hydrogens is 500 g/mol. The minimum Gasteiger partial charge on any atom is -0.394 e. The fourth-order valence-corrected chi connectivity index (χ4v) is 5.63. The van der Waals surface area contributed by atoms with Crippen molar-refractivity contribution in [2.45, 2.75) is 62.7 Å². The van der Waals surface area contributed by atoms with Gasteiger partial charge in [-0.2, -0.15) is 5.10 Å². The van der Waals surface area contributed by atoms with Gasteiger partial charge in [0.2, 0.25) is 0 Å². The number of hydrogen-bond acceptors (Lipinski definition) is 11. The van der Waals surface area contributed by atoms with Crippen LogP contribution in [0.3, 0.4) is 0 Å². The SMILES string of the molecule is Cc1nc2ccc(-n3ncnc3[C@@H]3O[C@H](CO)[C@H](O)[C@H](n4cc(C(=O)NC5CCC5)nn4)[C@H]3O)cc2s1. The standard InChI is InChI=1S/C23H26N8O5S/c1-11-26-14-6-5-13(7-17(14)37-11)31-22(24-10-25-31)21-20(34)18(19(33)16(9-32)36-21)30-8-15(28-29-30)23(35)27-12-3-2-4-12/h5-8,10,12,16,18-21,32-34H,2-4,9H2,1H3,(H,27,35)/t16-,18+,19+,20-,21-/m1/s1. The van der Waals surface area contributed by atoms with E-state index in [1.165, 1.54) is 17.2 Å². The molecule has 4 aromatic rings. The van der Waals surface area contributed by atoms with Crippen molar-refractivity contribution in [3.8, 4) is 5.69 Å². The van der Waals surface area contributed by atoms with E-state index in [1.54, 1.807) is 16.0 Å². The Bertz CT molecular complexity index is 1430. The first kappa shape index (κ1) is 24.1. The molecule has 194 valence electrons. The summed E-state index contributed by atoms with van der Waals surface area (Å²) in [4.78, 5) is 21.4. The summed E-state index contributed by atoms with van der Waals surface area (Å²) in [6.07, 6.45) is 0.861. The van der Waals surface area contributed by atoms with Gasteiger partial charge in [-0.15, -0.1) is 16.4 Å². The van der Waals surface area contributed by atoms with E-state index < -0.39 is 37.1 Å². The molecule has 3 aromatic heterocycles. The van der Waals surface area contributed by atoms with Gasteiger partial charge in [-0.05, 0) is 44.4 Å². The Hall–Kier alpha value is -3.30. The number of aliphatic hydroxyl groups excluding tert-OH is 3. The number of nitrogens with zero attached hydrogens (tertiary/aromatic N) is 7. The highest BCUT2D eigenvalue weighted by Crippen LogP contribution is 2.38. The Balaban J connectivity index is 1.31. The molecule has 1 saturated carbocycles. The summed E-state index contributed by atoms with van der Waals surface area (Å²) in [5.41, 5.74) is 1.64. The molecule has 1 aromatic carbocycles. The Morgan fingerprint density at radius 1 is 1.27 bits per heavy atom. The summed E-state index contributed by atoms with van der Waals surface area (Å²) in [5.74, 6) is -0.0813. The van der Waals surface area contributed by atoms with Crippen molar-refractivity contribution in [3.05, 3.63) is 47.2 Å². The number of rotatable bonds is 6. The second-order valence-corrected chi connectivity index (χ2v) is 10.6. The number of aryl methyl sites for hydroxylation is 1. The van der Waals surface area contributed by atoms with E-state index in [0.29, 0.717) is 5.69 Å². The predicted octanol–water partition coefficient (Wildman–Crippen LogP) is 0.455. The number of amides is 1. The molecule has 4 N–H and O–H groups in total. The molecule has 0 radical (unpaired) electrons. The van der Waals surface area contributed by atoms with Gasteiger partial charge in [0, 0.05) is 6.04 Å². The Kier molecular flexibility index (Phi) is 6.20. The van der Waals surface area contributed by atoms with Gasteiger partial charge < -0.3 is 25.4 Å². The number of thiazole rings is 1. The number of benzene rings is 1. The minimum atomic E-state index is -1.35. The van der Waals surface area contributed by atoms with Crippen LogP contribution in [0.1, 0.15) is 52.7 Å². The van der Waals surface area contributed by atoms with Crippen molar-refractivity contribution >= 4 is 27.5 Å². The number of hydrogen-bond donors (Lipinski definition) is 4. The second-order valence-electron chi connectivity index (χ2n) is 9.35. The third kappa shape index (κ3) is 4.30. The second kappa shape index (κ2) is 9.54. The lowest BCUT2D eigenvalue weighted by Gasteiger charge is -2.41. The number of ether oxygens (including phenoxy) is 1. The van der Waals surface area contributed by atoms with Gasteiger partial charge in [-0.1, -0.05) is 5.21 Å². The first-order valence-electron chi connectivity index (χ1n) is 12.1. The van der Waals surface area contributed by atoms with Crippen molar-refractivity contribution in [1.29, 1.82) is 0 Å². The lowest BCUT2D eigenvalue weighted by atomic mass is 9.92. The average molecular weight is 527 g/mol. The Labute approximate surface area is 214 Å². The molecule has 13 nitrogen and oxygen atoms in total. The van der Waals surface area contributed by atoms with Crippen LogP contribution >= 0.6 is 11.3 Å². The average Bonchev–Trinajstić information content (AvgIpc) is 3.60. The lowest BCUT2D eigenvalue weighted by molar-refractivity contribution is -0.210. The molecule has 6 rings (SSSR count). The van der Waals surface area contributed by atoms with Crippen LogP contribution in [0.4, 0.5) is 0 Å². The summed E-state index contributed by atoms with van der Waals surface area (Å²) in [6.45, 7) is 1.43. The van der Waals surface area contributed by atoms with Crippen molar-refractivity contribution < 1.29 is 24.9 Å². The van der Waals surface area contributed by atoms with Gasteiger partial charge in [0.1, 0.15) is 36.8 Å². The number of fused-ring (bicyclic) bond motifs is 1. The zero-order valence-corrected chi connectivity index (χ0v) is 20.7. The normalized spacial score (nSPS) is 26.3. The number of aromatic nitrogens is 7. The molecule has 5 atom stereocenters. The summed E-state index contributed by atoms with van der Waals surface area (Å²) in [7, 11) is 0. The predicted molar refractivity (Wildman–Crippen MR) is 130 cm³/mol. The fraction of sp³-hybridized carbons (Fsp3) is 0.478. The number of aliphatic hydroxyl groups is 3. The van der Waals surface area contributed by atoms with E-state index in [1.807, 2.05) is 25.1 Å². The van der Waals surface area contributed by atoms with Gasteiger partial charge in [-0.3, -0.25) is 4.79 Å². The third-order valence-corrected chi connectivity index (χ3v) is 7.87. The van der Waals surface area contributed by atoms with Gasteiger partial charge in [0.15, 0.2) is 11.5 Å². The number of carbonyl (C=O) groups excluding carboxylic acids is 1. The minimum absolute atomic E-state index is 0.0752. The van der Waals surface area contributed by atoms with Crippen molar-refractivity contribution in [2.24, 2.45) is 0 Å². The Morgan fingerprint density at radius 3 is 2.86 bits per heavy atom. The van der Waals surface area contributed by atoms with Crippen LogP contribution in [0.15, 0.2) is 30.7 Å². The van der Waals surface area contributed by atoms with E-state index >= 15 is 0 Å². The first-order chi connectivity index (χ1) is 17.9. The molecule has 1 aliphatic carbocycles. The van der Waals surface area contributed by atoms with E-state index in [0.717, 1.165) is 34.5 Å². The molecule has 14 heteroatoms. The molecule has 1 aliphatic heterocycles. The maximum Gasteiger partial charge on any atom is 0.273 e. The van der Waals surface area contributed by atoms with Crippen LogP contribution in [-0.2, 0) is 4.74 Å². The molecule has 0 bridgehead atoms. The van der Waals surface area contributed by atoms with Crippen LogP contribution < -0.4 is 5.32 Å². The molecule has 0 spiro atoms. The van der Waals surface area contributed by atoms with E-state index in [2.05, 4.69) is 30.7 Å². The molecule has 0 unspecified atom stereocenters. The highest BCUT2D eigenvalue weighted by Gasteiger charge is 2.48. The van der Waals surface area contributed by atoms with Crippen LogP contribution in [0.25, 0.3) is 15.9 Å². The molecule has 37 heavy (non-hydrogen) atoms. The molecular formula is C23H26N8O5S. The molecule has 2 fully saturated rings. The highest BCUT2D eigenvalue weighted by molar-refractivity contribution is 7.18. The smallest absolute Gasteiger partial charge is 0.273 e. The van der Waals surface area contributed by atoms with Crippen molar-refractivity contribution in [3.63, 3.8) is 0 Å². The summed E-state index contributed by atoms with van der Waals surface area (Å²) in [6, 6.07) is 4.71. The quantitative estimate of drug-likeness (QED) is 0.276. The topological polar surface area (TPSA) is 173 Å². The monoisotopic (exact) mass is 526 g/mol. The maximum atomic E-state index is 12.5. The fourth-order valence-electron chi connectivity index (χ4n) is 4.77. The molecule has 2 aliphatic rings. The van der Waals surface area contributed by atoms with E-state index in [-0.39, 0.29) is 23.5 Å². The van der Waals surface area contributed by atoms with Gasteiger partial charge in [0.25, 0.3) is 5.91 Å². The van der Waals surface area contributed by atoms with E-state index in [9.17, 15) is 20.1 Å². The molecule has 1 saturated heterocycles. The third-order valence-electron chi connectivity index (χ3n) is 6.93. The van der Waals surface area contributed by atoms with Crippen molar-refractivity contribution in [2.75, 3.05) is 6.61 Å². The summed E-state index contributed by atoms with van der Waals surface area (Å²) < 4.78 is 9.68. The highest BCUT2D eigenvalue weighted by atomic mass is 32.1. The van der Waals surface area contributed by atoms with Crippen LogP contribution in [0, 0.1) is 6.92 Å². The zero-order chi connectivity index (χ0) is 25.7. The molecule has 1 amide bonds. The summed E-state index contributed by atoms with van der Waals surface area (Å²) >= 11 is 1.55. The first-order valence-corrected chi connectivity index (χ1v) is 12.9. The van der Waals surface area contributed by atoms with Crippen molar-refractivity contribution in [1.82, 2.24) is 40.1 Å². The zero-order valence-electron chi connectivity index (χ0n) is 19.9. The Morgan fingerprint density at radius 2 is 2.11 bits per heavy atom. The lowest BCUT2D eigenvalue weighted by Crippen LogP contribution is -2.53. The van der Waals surface area contributed by atoms with Gasteiger partial charge in [0.05, 0.1) is 33.7 Å². The largest absolute Gasteiger partial charge is 0.394 e. The van der Waals surface area contributed by atoms with Crippen LogP contribution in [0.2, 0.25) is 0 Å².